The van der Waals surface area contributed by atoms with Crippen LogP contribution in [0.2, 0.25) is 0 Å². The van der Waals surface area contributed by atoms with Crippen molar-refractivity contribution in [1.29, 1.82) is 0 Å². The molecule has 0 radical (unpaired) electrons. The number of esters is 1. The topological polar surface area (TPSA) is 59.7 Å². The van der Waals surface area contributed by atoms with Crippen molar-refractivity contribution in [3.8, 4) is 0 Å². The fourth-order valence-corrected chi connectivity index (χ4v) is 1.55. The van der Waals surface area contributed by atoms with Crippen LogP contribution >= 0.6 is 0 Å². The summed E-state index contributed by atoms with van der Waals surface area (Å²) >= 11 is 0. The van der Waals surface area contributed by atoms with Gasteiger partial charge in [-0.25, -0.2) is 4.79 Å². The normalized spacial score (nSPS) is 12.7. The zero-order chi connectivity index (χ0) is 11.7. The number of hydrogen-bond acceptors (Lipinski definition) is 4. The number of carbonyl (C=O) groups is 1. The molecule has 84 valence electrons. The van der Waals surface area contributed by atoms with Crippen LogP contribution in [-0.2, 0) is 9.53 Å². The second-order valence-corrected chi connectivity index (χ2v) is 3.62. The van der Waals surface area contributed by atoms with Gasteiger partial charge in [-0.1, -0.05) is 11.6 Å². The number of furan rings is 1. The second-order valence-electron chi connectivity index (χ2n) is 3.62. The van der Waals surface area contributed by atoms with E-state index in [9.17, 15) is 9.90 Å². The SMILES string of the molecule is COC(=O)C(O)c1cc2cc(C)ccc2o1. The Labute approximate surface area is 92.4 Å². The quantitative estimate of drug-likeness (QED) is 0.786. The zero-order valence-corrected chi connectivity index (χ0v) is 9.06. The van der Waals surface area contributed by atoms with E-state index in [4.69, 9.17) is 4.42 Å². The molecule has 1 unspecified atom stereocenters. The summed E-state index contributed by atoms with van der Waals surface area (Å²) in [5.41, 5.74) is 1.73. The summed E-state index contributed by atoms with van der Waals surface area (Å²) in [7, 11) is 1.22. The number of rotatable bonds is 2. The monoisotopic (exact) mass is 220 g/mol. The zero-order valence-electron chi connectivity index (χ0n) is 9.06. The molecular weight excluding hydrogens is 208 g/mol. The van der Waals surface area contributed by atoms with Crippen LogP contribution in [0.4, 0.5) is 0 Å². The Kier molecular flexibility index (Phi) is 2.66. The van der Waals surface area contributed by atoms with E-state index in [0.717, 1.165) is 10.9 Å². The van der Waals surface area contributed by atoms with Crippen molar-refractivity contribution in [1.82, 2.24) is 0 Å². The molecule has 1 aromatic heterocycles. The number of carbonyl (C=O) groups excluding carboxylic acids is 1. The molecule has 0 fully saturated rings. The maximum atomic E-state index is 11.1. The molecule has 0 aliphatic heterocycles. The molecule has 1 N–H and O–H groups in total. The molecule has 16 heavy (non-hydrogen) atoms. The van der Waals surface area contributed by atoms with Gasteiger partial charge in [0, 0.05) is 5.39 Å². The molecule has 0 aliphatic rings. The Balaban J connectivity index is 2.43. The number of fused-ring (bicyclic) bond motifs is 1. The van der Waals surface area contributed by atoms with Gasteiger partial charge < -0.3 is 14.3 Å². The van der Waals surface area contributed by atoms with Crippen molar-refractivity contribution in [2.75, 3.05) is 7.11 Å². The van der Waals surface area contributed by atoms with Gasteiger partial charge in [-0.3, -0.25) is 0 Å². The van der Waals surface area contributed by atoms with E-state index in [0.29, 0.717) is 5.58 Å². The third-order valence-electron chi connectivity index (χ3n) is 2.38. The molecule has 0 saturated heterocycles. The molecule has 0 spiro atoms. The van der Waals surface area contributed by atoms with Crippen molar-refractivity contribution in [2.45, 2.75) is 13.0 Å². The Morgan fingerprint density at radius 2 is 2.19 bits per heavy atom. The minimum absolute atomic E-state index is 0.201. The first-order valence-corrected chi connectivity index (χ1v) is 4.88. The van der Waals surface area contributed by atoms with Crippen molar-refractivity contribution in [3.63, 3.8) is 0 Å². The summed E-state index contributed by atoms with van der Waals surface area (Å²) in [6.45, 7) is 1.96. The van der Waals surface area contributed by atoms with Crippen molar-refractivity contribution >= 4 is 16.9 Å². The number of hydrogen-bond donors (Lipinski definition) is 1. The Morgan fingerprint density at radius 1 is 1.44 bits per heavy atom. The van der Waals surface area contributed by atoms with E-state index < -0.39 is 12.1 Å². The van der Waals surface area contributed by atoms with Gasteiger partial charge in [-0.05, 0) is 25.1 Å². The molecule has 4 heteroatoms. The first kappa shape index (κ1) is 10.7. The molecule has 0 amide bonds. The van der Waals surface area contributed by atoms with Gasteiger partial charge in [0.2, 0.25) is 6.10 Å². The fraction of sp³-hybridized carbons (Fsp3) is 0.250. The molecule has 0 bridgehead atoms. The average Bonchev–Trinajstić information content (AvgIpc) is 2.69. The first-order chi connectivity index (χ1) is 7.61. The third kappa shape index (κ3) is 1.79. The lowest BCUT2D eigenvalue weighted by atomic mass is 10.2. The van der Waals surface area contributed by atoms with E-state index in [2.05, 4.69) is 4.74 Å². The van der Waals surface area contributed by atoms with Crippen molar-refractivity contribution < 1.29 is 19.1 Å². The molecule has 1 aromatic carbocycles. The van der Waals surface area contributed by atoms with Crippen LogP contribution in [0, 0.1) is 6.92 Å². The van der Waals surface area contributed by atoms with Gasteiger partial charge >= 0.3 is 5.97 Å². The van der Waals surface area contributed by atoms with Crippen LogP contribution in [-0.4, -0.2) is 18.2 Å². The number of aliphatic hydroxyl groups is 1. The average molecular weight is 220 g/mol. The van der Waals surface area contributed by atoms with Gasteiger partial charge in [0.05, 0.1) is 7.11 Å². The highest BCUT2D eigenvalue weighted by atomic mass is 16.5. The minimum atomic E-state index is -1.36. The van der Waals surface area contributed by atoms with E-state index in [1.54, 1.807) is 12.1 Å². The molecule has 0 aliphatic carbocycles. The summed E-state index contributed by atoms with van der Waals surface area (Å²) < 4.78 is 9.79. The Hall–Kier alpha value is -1.81. The van der Waals surface area contributed by atoms with E-state index in [1.165, 1.54) is 7.11 Å². The third-order valence-corrected chi connectivity index (χ3v) is 2.38. The van der Waals surface area contributed by atoms with Gasteiger partial charge in [0.1, 0.15) is 11.3 Å². The van der Waals surface area contributed by atoms with Crippen LogP contribution in [0.1, 0.15) is 17.4 Å². The minimum Gasteiger partial charge on any atom is -0.467 e. The lowest BCUT2D eigenvalue weighted by Crippen LogP contribution is -2.12. The number of ether oxygens (including phenoxy) is 1. The van der Waals surface area contributed by atoms with Crippen LogP contribution in [0.3, 0.4) is 0 Å². The summed E-state index contributed by atoms with van der Waals surface area (Å²) in [5, 5.41) is 10.5. The number of aliphatic hydroxyl groups excluding tert-OH is 1. The van der Waals surface area contributed by atoms with Crippen LogP contribution in [0.15, 0.2) is 28.7 Å². The van der Waals surface area contributed by atoms with E-state index >= 15 is 0 Å². The maximum Gasteiger partial charge on any atom is 0.342 e. The van der Waals surface area contributed by atoms with E-state index in [1.807, 2.05) is 19.1 Å². The lowest BCUT2D eigenvalue weighted by Gasteiger charge is -2.03. The summed E-state index contributed by atoms with van der Waals surface area (Å²) in [6, 6.07) is 7.27. The van der Waals surface area contributed by atoms with Crippen LogP contribution < -0.4 is 0 Å². The molecule has 1 atom stereocenters. The van der Waals surface area contributed by atoms with Crippen LogP contribution in [0.5, 0.6) is 0 Å². The molecular formula is C12H12O4. The maximum absolute atomic E-state index is 11.1. The van der Waals surface area contributed by atoms with Gasteiger partial charge in [0.25, 0.3) is 0 Å². The number of methoxy groups -OCH3 is 1. The predicted octanol–water partition coefficient (Wildman–Crippen LogP) is 1.95. The molecule has 4 nitrogen and oxygen atoms in total. The van der Waals surface area contributed by atoms with Crippen molar-refractivity contribution in [2.24, 2.45) is 0 Å². The standard InChI is InChI=1S/C12H12O4/c1-7-3-4-9-8(5-7)6-10(16-9)11(13)12(14)15-2/h3-6,11,13H,1-2H3. The lowest BCUT2D eigenvalue weighted by molar-refractivity contribution is -0.151. The van der Waals surface area contributed by atoms with Gasteiger partial charge in [-0.15, -0.1) is 0 Å². The highest BCUT2D eigenvalue weighted by Crippen LogP contribution is 2.25. The molecule has 0 saturated carbocycles. The summed E-state index contributed by atoms with van der Waals surface area (Å²) in [5.74, 6) is -0.525. The second kappa shape index (κ2) is 3.98. The van der Waals surface area contributed by atoms with Crippen molar-refractivity contribution in [3.05, 3.63) is 35.6 Å². The first-order valence-electron chi connectivity index (χ1n) is 4.88. The van der Waals surface area contributed by atoms with Crippen LogP contribution in [0.25, 0.3) is 11.0 Å². The Morgan fingerprint density at radius 3 is 2.88 bits per heavy atom. The molecule has 1 heterocycles. The smallest absolute Gasteiger partial charge is 0.342 e. The highest BCUT2D eigenvalue weighted by molar-refractivity contribution is 5.82. The number of aryl methyl sites for hydroxylation is 1. The van der Waals surface area contributed by atoms with E-state index in [-0.39, 0.29) is 5.76 Å². The largest absolute Gasteiger partial charge is 0.467 e. The molecule has 2 rings (SSSR count). The predicted molar refractivity (Wildman–Crippen MR) is 57.9 cm³/mol. The summed E-state index contributed by atoms with van der Waals surface area (Å²) in [4.78, 5) is 11.1. The summed E-state index contributed by atoms with van der Waals surface area (Å²) in [6.07, 6.45) is -1.36. The van der Waals surface area contributed by atoms with Gasteiger partial charge in [0.15, 0.2) is 0 Å². The molecule has 2 aromatic rings. The highest BCUT2D eigenvalue weighted by Gasteiger charge is 2.21. The van der Waals surface area contributed by atoms with Gasteiger partial charge in [-0.2, -0.15) is 0 Å². The fourth-order valence-electron chi connectivity index (χ4n) is 1.55. The Bertz CT molecular complexity index is 527. The number of benzene rings is 1.